The van der Waals surface area contributed by atoms with Crippen LogP contribution in [0.2, 0.25) is 0 Å². The van der Waals surface area contributed by atoms with Crippen LogP contribution in [0.25, 0.3) is 0 Å². The zero-order chi connectivity index (χ0) is 13.2. The van der Waals surface area contributed by atoms with Gasteiger partial charge < -0.3 is 15.1 Å². The van der Waals surface area contributed by atoms with Gasteiger partial charge in [-0.05, 0) is 12.8 Å². The number of aromatic nitrogens is 1. The van der Waals surface area contributed by atoms with E-state index in [1.807, 2.05) is 6.20 Å². The van der Waals surface area contributed by atoms with Gasteiger partial charge in [-0.25, -0.2) is 4.98 Å². The van der Waals surface area contributed by atoms with E-state index in [-0.39, 0.29) is 5.92 Å². The summed E-state index contributed by atoms with van der Waals surface area (Å²) in [4.78, 5) is 9.04. The Morgan fingerprint density at radius 1 is 1.47 bits per heavy atom. The van der Waals surface area contributed by atoms with Gasteiger partial charge in [0.15, 0.2) is 0 Å². The number of nitrogens with zero attached hydrogens (tertiary/aromatic N) is 4. The lowest BCUT2D eigenvalue weighted by molar-refractivity contribution is 0.491. The molecule has 1 N–H and O–H groups in total. The summed E-state index contributed by atoms with van der Waals surface area (Å²) in [6.07, 6.45) is 4.00. The van der Waals surface area contributed by atoms with Crippen molar-refractivity contribution in [2.24, 2.45) is 5.92 Å². The summed E-state index contributed by atoms with van der Waals surface area (Å²) in [7, 11) is 2.11. The highest BCUT2D eigenvalue weighted by molar-refractivity contribution is 5.74. The van der Waals surface area contributed by atoms with Gasteiger partial charge in [0, 0.05) is 39.3 Å². The number of piperidine rings is 1. The van der Waals surface area contributed by atoms with Crippen LogP contribution in [-0.2, 0) is 0 Å². The first-order chi connectivity index (χ1) is 9.28. The third kappa shape index (κ3) is 2.30. The van der Waals surface area contributed by atoms with E-state index in [0.717, 1.165) is 50.5 Å². The van der Waals surface area contributed by atoms with Gasteiger partial charge in [0.05, 0.1) is 29.6 Å². The van der Waals surface area contributed by atoms with Gasteiger partial charge in [-0.2, -0.15) is 5.26 Å². The van der Waals surface area contributed by atoms with E-state index in [1.165, 1.54) is 5.69 Å². The van der Waals surface area contributed by atoms with E-state index in [1.54, 1.807) is 0 Å². The van der Waals surface area contributed by atoms with Gasteiger partial charge in [-0.1, -0.05) is 0 Å². The standard InChI is InChI=1S/C14H19N5/c1-18-6-4-16-12-9-17-14(7-13(12)18)19-5-2-3-11(8-15)10-19/h7,9,11,16H,2-6,10H2,1H3. The Bertz CT molecular complexity index is 507. The normalized spacial score (nSPS) is 22.4. The van der Waals surface area contributed by atoms with Gasteiger partial charge in [0.2, 0.25) is 0 Å². The Labute approximate surface area is 113 Å². The van der Waals surface area contributed by atoms with Gasteiger partial charge in [0.25, 0.3) is 0 Å². The molecular weight excluding hydrogens is 238 g/mol. The smallest absolute Gasteiger partial charge is 0.130 e. The van der Waals surface area contributed by atoms with Crippen LogP contribution in [-0.4, -0.2) is 38.2 Å². The third-order valence-electron chi connectivity index (χ3n) is 3.97. The van der Waals surface area contributed by atoms with Crippen molar-refractivity contribution in [1.82, 2.24) is 4.98 Å². The molecule has 0 aromatic carbocycles. The van der Waals surface area contributed by atoms with Gasteiger partial charge in [-0.15, -0.1) is 0 Å². The molecule has 100 valence electrons. The Kier molecular flexibility index (Phi) is 3.16. The van der Waals surface area contributed by atoms with E-state index in [0.29, 0.717) is 0 Å². The lowest BCUT2D eigenvalue weighted by Crippen LogP contribution is -2.36. The van der Waals surface area contributed by atoms with E-state index < -0.39 is 0 Å². The van der Waals surface area contributed by atoms with E-state index in [9.17, 15) is 0 Å². The molecular formula is C14H19N5. The van der Waals surface area contributed by atoms with E-state index >= 15 is 0 Å². The molecule has 0 bridgehead atoms. The van der Waals surface area contributed by atoms with Crippen molar-refractivity contribution in [2.45, 2.75) is 12.8 Å². The quantitative estimate of drug-likeness (QED) is 0.829. The first kappa shape index (κ1) is 12.1. The molecule has 3 rings (SSSR count). The molecule has 0 aliphatic carbocycles. The van der Waals surface area contributed by atoms with Crippen LogP contribution in [0.3, 0.4) is 0 Å². The Hall–Kier alpha value is -1.96. The van der Waals surface area contributed by atoms with Crippen LogP contribution in [0.4, 0.5) is 17.2 Å². The van der Waals surface area contributed by atoms with Crippen molar-refractivity contribution in [3.05, 3.63) is 12.3 Å². The highest BCUT2D eigenvalue weighted by atomic mass is 15.2. The number of hydrogen-bond acceptors (Lipinski definition) is 5. The predicted molar refractivity (Wildman–Crippen MR) is 76.5 cm³/mol. The average molecular weight is 257 g/mol. The van der Waals surface area contributed by atoms with Crippen molar-refractivity contribution in [3.8, 4) is 6.07 Å². The van der Waals surface area contributed by atoms with E-state index in [2.05, 4.69) is 39.3 Å². The van der Waals surface area contributed by atoms with Gasteiger partial charge >= 0.3 is 0 Å². The lowest BCUT2D eigenvalue weighted by Gasteiger charge is -2.33. The fourth-order valence-electron chi connectivity index (χ4n) is 2.83. The molecule has 0 radical (unpaired) electrons. The zero-order valence-corrected chi connectivity index (χ0v) is 11.3. The van der Waals surface area contributed by atoms with Crippen molar-refractivity contribution >= 4 is 17.2 Å². The molecule has 0 saturated carbocycles. The summed E-state index contributed by atoms with van der Waals surface area (Å²) in [5.41, 5.74) is 2.31. The number of anilines is 3. The van der Waals surface area contributed by atoms with Crippen molar-refractivity contribution in [1.29, 1.82) is 5.26 Å². The van der Waals surface area contributed by atoms with Crippen LogP contribution >= 0.6 is 0 Å². The number of hydrogen-bond donors (Lipinski definition) is 1. The molecule has 1 saturated heterocycles. The van der Waals surface area contributed by atoms with E-state index in [4.69, 9.17) is 5.26 Å². The van der Waals surface area contributed by atoms with Crippen LogP contribution in [0.5, 0.6) is 0 Å². The number of nitrogens with one attached hydrogen (secondary N) is 1. The predicted octanol–water partition coefficient (Wildman–Crippen LogP) is 1.68. The third-order valence-corrected chi connectivity index (χ3v) is 3.97. The molecule has 3 heterocycles. The first-order valence-electron chi connectivity index (χ1n) is 6.87. The second kappa shape index (κ2) is 4.96. The van der Waals surface area contributed by atoms with Crippen LogP contribution < -0.4 is 15.1 Å². The molecule has 1 fully saturated rings. The maximum atomic E-state index is 9.07. The molecule has 1 atom stereocenters. The average Bonchev–Trinajstić information content (AvgIpc) is 2.47. The highest BCUT2D eigenvalue weighted by Gasteiger charge is 2.22. The minimum Gasteiger partial charge on any atom is -0.380 e. The molecule has 5 nitrogen and oxygen atoms in total. The van der Waals surface area contributed by atoms with Gasteiger partial charge in [0.1, 0.15) is 5.82 Å². The molecule has 2 aliphatic heterocycles. The molecule has 1 unspecified atom stereocenters. The summed E-state index contributed by atoms with van der Waals surface area (Å²) in [5.74, 6) is 1.14. The molecule has 5 heteroatoms. The maximum absolute atomic E-state index is 9.07. The molecule has 0 spiro atoms. The second-order valence-electron chi connectivity index (χ2n) is 5.32. The number of fused-ring (bicyclic) bond motifs is 1. The van der Waals surface area contributed by atoms with Crippen molar-refractivity contribution < 1.29 is 0 Å². The second-order valence-corrected chi connectivity index (χ2v) is 5.32. The van der Waals surface area contributed by atoms with Crippen LogP contribution in [0.15, 0.2) is 12.3 Å². The lowest BCUT2D eigenvalue weighted by atomic mass is 10.00. The SMILES string of the molecule is CN1CCNc2cnc(N3CCCC(C#N)C3)cc21. The Morgan fingerprint density at radius 2 is 2.37 bits per heavy atom. The zero-order valence-electron chi connectivity index (χ0n) is 11.3. The maximum Gasteiger partial charge on any atom is 0.130 e. The largest absolute Gasteiger partial charge is 0.380 e. The summed E-state index contributed by atoms with van der Waals surface area (Å²) in [6, 6.07) is 4.52. The van der Waals surface area contributed by atoms with Crippen molar-refractivity contribution in [3.63, 3.8) is 0 Å². The van der Waals surface area contributed by atoms with Crippen LogP contribution in [0.1, 0.15) is 12.8 Å². The molecule has 1 aromatic heterocycles. The Balaban J connectivity index is 1.85. The highest BCUT2D eigenvalue weighted by Crippen LogP contribution is 2.31. The fraction of sp³-hybridized carbons (Fsp3) is 0.571. The summed E-state index contributed by atoms with van der Waals surface area (Å²) in [6.45, 7) is 3.78. The molecule has 2 aliphatic rings. The first-order valence-corrected chi connectivity index (χ1v) is 6.87. The van der Waals surface area contributed by atoms with Crippen LogP contribution in [0, 0.1) is 17.2 Å². The molecule has 1 aromatic rings. The minimum absolute atomic E-state index is 0.141. The molecule has 0 amide bonds. The number of nitriles is 1. The number of pyridine rings is 1. The fourth-order valence-corrected chi connectivity index (χ4v) is 2.83. The Morgan fingerprint density at radius 3 is 3.21 bits per heavy atom. The van der Waals surface area contributed by atoms with Crippen molar-refractivity contribution in [2.75, 3.05) is 48.3 Å². The van der Waals surface area contributed by atoms with Gasteiger partial charge in [-0.3, -0.25) is 0 Å². The minimum atomic E-state index is 0.141. The summed E-state index contributed by atoms with van der Waals surface area (Å²) < 4.78 is 0. The summed E-state index contributed by atoms with van der Waals surface area (Å²) >= 11 is 0. The monoisotopic (exact) mass is 257 g/mol. The number of likely N-dealkylation sites (N-methyl/N-ethyl adjacent to an activating group) is 1. The molecule has 19 heavy (non-hydrogen) atoms. The number of rotatable bonds is 1. The topological polar surface area (TPSA) is 55.2 Å². The summed E-state index contributed by atoms with van der Waals surface area (Å²) in [5, 5.41) is 12.4.